The summed E-state index contributed by atoms with van der Waals surface area (Å²) >= 11 is 7.28. The van der Waals surface area contributed by atoms with E-state index in [0.717, 1.165) is 12.0 Å². The van der Waals surface area contributed by atoms with Gasteiger partial charge in [0.2, 0.25) is 5.91 Å². The third kappa shape index (κ3) is 2.87. The fourth-order valence-corrected chi connectivity index (χ4v) is 3.18. The molecule has 5 heteroatoms. The smallest absolute Gasteiger partial charge is 0.233 e. The minimum absolute atomic E-state index is 0.0614. The van der Waals surface area contributed by atoms with E-state index < -0.39 is 0 Å². The number of amides is 1. The number of benzene rings is 1. The summed E-state index contributed by atoms with van der Waals surface area (Å²) in [7, 11) is 0. The summed E-state index contributed by atoms with van der Waals surface area (Å²) in [5.41, 5.74) is 1.05. The maximum Gasteiger partial charge on any atom is 0.233 e. The molecular weight excluding hydrogens is 258 g/mol. The highest BCUT2D eigenvalue weighted by molar-refractivity contribution is 8.00. The largest absolute Gasteiger partial charge is 0.508 e. The van der Waals surface area contributed by atoms with Crippen LogP contribution in [-0.4, -0.2) is 34.1 Å². The number of halogens is 1. The molecule has 1 heterocycles. The van der Waals surface area contributed by atoms with Crippen LogP contribution in [0, 0.1) is 0 Å². The molecule has 3 nitrogen and oxygen atoms in total. The molecule has 0 spiro atoms. The Morgan fingerprint density at radius 2 is 2.12 bits per heavy atom. The summed E-state index contributed by atoms with van der Waals surface area (Å²) in [5.74, 6) is 1.50. The lowest BCUT2D eigenvalue weighted by molar-refractivity contribution is -0.128. The van der Waals surface area contributed by atoms with Crippen molar-refractivity contribution in [1.82, 2.24) is 4.90 Å². The molecule has 2 rings (SSSR count). The van der Waals surface area contributed by atoms with Gasteiger partial charge in [-0.15, -0.1) is 23.4 Å². The fourth-order valence-electron chi connectivity index (χ4n) is 1.84. The summed E-state index contributed by atoms with van der Waals surface area (Å²) in [6.45, 7) is 0.695. The van der Waals surface area contributed by atoms with Crippen molar-refractivity contribution in [2.24, 2.45) is 0 Å². The average Bonchev–Trinajstić information content (AvgIpc) is 2.69. The quantitative estimate of drug-likeness (QED) is 0.856. The second-order valence-corrected chi connectivity index (χ2v) is 5.33. The minimum atomic E-state index is 0.0614. The van der Waals surface area contributed by atoms with Crippen LogP contribution in [-0.2, 0) is 4.79 Å². The van der Waals surface area contributed by atoms with E-state index in [0.29, 0.717) is 18.2 Å². The summed E-state index contributed by atoms with van der Waals surface area (Å²) in [5, 5.41) is 9.32. The van der Waals surface area contributed by atoms with E-state index in [-0.39, 0.29) is 17.0 Å². The van der Waals surface area contributed by atoms with Crippen LogP contribution >= 0.6 is 23.4 Å². The lowest BCUT2D eigenvalue weighted by Crippen LogP contribution is -2.29. The molecule has 0 aromatic heterocycles. The van der Waals surface area contributed by atoms with Gasteiger partial charge in [0.25, 0.3) is 0 Å². The zero-order valence-corrected chi connectivity index (χ0v) is 10.9. The molecule has 0 radical (unpaired) electrons. The topological polar surface area (TPSA) is 40.5 Å². The van der Waals surface area contributed by atoms with Crippen molar-refractivity contribution in [1.29, 1.82) is 0 Å². The van der Waals surface area contributed by atoms with Gasteiger partial charge in [-0.1, -0.05) is 12.1 Å². The van der Waals surface area contributed by atoms with Gasteiger partial charge in [-0.3, -0.25) is 4.79 Å². The minimum Gasteiger partial charge on any atom is -0.508 e. The van der Waals surface area contributed by atoms with Crippen molar-refractivity contribution < 1.29 is 9.90 Å². The molecule has 1 aromatic rings. The molecule has 1 amide bonds. The zero-order chi connectivity index (χ0) is 12.3. The third-order valence-electron chi connectivity index (χ3n) is 2.68. The van der Waals surface area contributed by atoms with Gasteiger partial charge < -0.3 is 10.0 Å². The van der Waals surface area contributed by atoms with Crippen LogP contribution in [0.3, 0.4) is 0 Å². The fraction of sp³-hybridized carbons (Fsp3) is 0.417. The maximum absolute atomic E-state index is 11.7. The van der Waals surface area contributed by atoms with Crippen molar-refractivity contribution in [3.05, 3.63) is 29.8 Å². The molecule has 1 saturated heterocycles. The second-order valence-electron chi connectivity index (χ2n) is 3.88. The van der Waals surface area contributed by atoms with Gasteiger partial charge in [0.15, 0.2) is 0 Å². The predicted molar refractivity (Wildman–Crippen MR) is 70.4 cm³/mol. The van der Waals surface area contributed by atoms with E-state index in [1.54, 1.807) is 23.9 Å². The molecular formula is C12H14ClNO2S. The summed E-state index contributed by atoms with van der Waals surface area (Å²) in [4.78, 5) is 13.6. The van der Waals surface area contributed by atoms with Gasteiger partial charge in [-0.05, 0) is 24.1 Å². The Morgan fingerprint density at radius 3 is 2.76 bits per heavy atom. The first-order valence-corrected chi connectivity index (χ1v) is 7.06. The molecule has 1 aromatic carbocycles. The number of carbonyl (C=O) groups is 1. The predicted octanol–water partition coefficient (Wildman–Crippen LogP) is 2.60. The molecule has 92 valence electrons. The SMILES string of the molecule is O=C1CSC(c2ccc(O)cc2)N1CCCCl. The number of aromatic hydroxyl groups is 1. The van der Waals surface area contributed by atoms with Crippen LogP contribution in [0.25, 0.3) is 0 Å². The van der Waals surface area contributed by atoms with Crippen molar-refractivity contribution in [2.75, 3.05) is 18.2 Å². The van der Waals surface area contributed by atoms with Crippen molar-refractivity contribution in [3.8, 4) is 5.75 Å². The van der Waals surface area contributed by atoms with E-state index in [4.69, 9.17) is 11.6 Å². The van der Waals surface area contributed by atoms with Crippen LogP contribution in [0.4, 0.5) is 0 Å². The summed E-state index contributed by atoms with van der Waals surface area (Å²) in [6.07, 6.45) is 0.808. The lowest BCUT2D eigenvalue weighted by Gasteiger charge is -2.23. The summed E-state index contributed by atoms with van der Waals surface area (Å²) in [6, 6.07) is 7.02. The van der Waals surface area contributed by atoms with Crippen LogP contribution in [0.1, 0.15) is 17.4 Å². The Hall–Kier alpha value is -0.870. The first-order valence-electron chi connectivity index (χ1n) is 5.48. The molecule has 0 bridgehead atoms. The molecule has 0 saturated carbocycles. The number of rotatable bonds is 4. The van der Waals surface area contributed by atoms with E-state index in [1.807, 2.05) is 17.0 Å². The van der Waals surface area contributed by atoms with Crippen molar-refractivity contribution in [2.45, 2.75) is 11.8 Å². The Balaban J connectivity index is 2.13. The Labute approximate surface area is 110 Å². The molecule has 0 aliphatic carbocycles. The van der Waals surface area contributed by atoms with Gasteiger partial charge in [0.05, 0.1) is 5.75 Å². The average molecular weight is 272 g/mol. The second kappa shape index (κ2) is 5.65. The highest BCUT2D eigenvalue weighted by Gasteiger charge is 2.31. The number of hydrogen-bond donors (Lipinski definition) is 1. The number of hydrogen-bond acceptors (Lipinski definition) is 3. The number of carbonyl (C=O) groups excluding carboxylic acids is 1. The zero-order valence-electron chi connectivity index (χ0n) is 9.30. The summed E-state index contributed by atoms with van der Waals surface area (Å²) < 4.78 is 0. The van der Waals surface area contributed by atoms with Gasteiger partial charge in [0, 0.05) is 12.4 Å². The Morgan fingerprint density at radius 1 is 1.41 bits per heavy atom. The van der Waals surface area contributed by atoms with E-state index in [9.17, 15) is 9.90 Å². The number of nitrogens with zero attached hydrogens (tertiary/aromatic N) is 1. The maximum atomic E-state index is 11.7. The molecule has 1 fully saturated rings. The van der Waals surface area contributed by atoms with E-state index in [2.05, 4.69) is 0 Å². The molecule has 1 aliphatic heterocycles. The first-order chi connectivity index (χ1) is 8.22. The number of phenolic OH excluding ortho intramolecular Hbond substituents is 1. The number of alkyl halides is 1. The monoisotopic (exact) mass is 271 g/mol. The van der Waals surface area contributed by atoms with E-state index in [1.165, 1.54) is 0 Å². The van der Waals surface area contributed by atoms with Crippen molar-refractivity contribution in [3.63, 3.8) is 0 Å². The van der Waals surface area contributed by atoms with Gasteiger partial charge in [-0.25, -0.2) is 0 Å². The molecule has 17 heavy (non-hydrogen) atoms. The lowest BCUT2D eigenvalue weighted by atomic mass is 10.2. The third-order valence-corrected chi connectivity index (χ3v) is 4.20. The molecule has 1 N–H and O–H groups in total. The highest BCUT2D eigenvalue weighted by Crippen LogP contribution is 2.38. The van der Waals surface area contributed by atoms with Crippen LogP contribution in [0.15, 0.2) is 24.3 Å². The van der Waals surface area contributed by atoms with Gasteiger partial charge in [-0.2, -0.15) is 0 Å². The van der Waals surface area contributed by atoms with Crippen LogP contribution in [0.5, 0.6) is 5.75 Å². The molecule has 1 atom stereocenters. The normalized spacial score (nSPS) is 19.9. The van der Waals surface area contributed by atoms with Crippen molar-refractivity contribution >= 4 is 29.3 Å². The Kier molecular flexibility index (Phi) is 4.18. The van der Waals surface area contributed by atoms with E-state index >= 15 is 0 Å². The molecule has 1 unspecified atom stereocenters. The number of phenols is 1. The number of thioether (sulfide) groups is 1. The molecule has 1 aliphatic rings. The van der Waals surface area contributed by atoms with Crippen LogP contribution in [0.2, 0.25) is 0 Å². The van der Waals surface area contributed by atoms with Crippen LogP contribution < -0.4 is 0 Å². The first kappa shape index (κ1) is 12.6. The highest BCUT2D eigenvalue weighted by atomic mass is 35.5. The Bertz CT molecular complexity index is 396. The standard InChI is InChI=1S/C12H14ClNO2S/c13-6-1-7-14-11(16)8-17-12(14)9-2-4-10(15)5-3-9/h2-5,12,15H,1,6-8H2. The van der Waals surface area contributed by atoms with Gasteiger partial charge >= 0.3 is 0 Å². The van der Waals surface area contributed by atoms with Gasteiger partial charge in [0.1, 0.15) is 11.1 Å².